The molecule has 0 atom stereocenters. The van der Waals surface area contributed by atoms with Gasteiger partial charge in [-0.2, -0.15) is 8.42 Å². The minimum absolute atomic E-state index is 0.222. The van der Waals surface area contributed by atoms with Crippen molar-refractivity contribution in [2.75, 3.05) is 0 Å². The SMILES string of the molecule is Cc1ccc2ccccc2c1S(=O)(=O)F. The summed E-state index contributed by atoms with van der Waals surface area (Å²) in [5.74, 6) is 0. The molecule has 0 saturated heterocycles. The van der Waals surface area contributed by atoms with Crippen LogP contribution in [0.25, 0.3) is 10.8 Å². The van der Waals surface area contributed by atoms with Crippen LogP contribution in [0.1, 0.15) is 5.56 Å². The molecule has 4 heteroatoms. The highest BCUT2D eigenvalue weighted by Gasteiger charge is 2.18. The molecule has 78 valence electrons. The van der Waals surface area contributed by atoms with Crippen molar-refractivity contribution in [3.8, 4) is 0 Å². The summed E-state index contributed by atoms with van der Waals surface area (Å²) in [4.78, 5) is -0.222. The van der Waals surface area contributed by atoms with Crippen LogP contribution in [-0.2, 0) is 10.2 Å². The molecule has 2 aromatic rings. The highest BCUT2D eigenvalue weighted by Crippen LogP contribution is 2.27. The Balaban J connectivity index is 2.99. The van der Waals surface area contributed by atoms with Gasteiger partial charge in [0.25, 0.3) is 0 Å². The maximum Gasteiger partial charge on any atom is 0.332 e. The van der Waals surface area contributed by atoms with Crippen molar-refractivity contribution in [2.24, 2.45) is 0 Å². The van der Waals surface area contributed by atoms with Gasteiger partial charge in [0.15, 0.2) is 0 Å². The van der Waals surface area contributed by atoms with E-state index in [0.29, 0.717) is 10.9 Å². The summed E-state index contributed by atoms with van der Waals surface area (Å²) in [6.45, 7) is 1.58. The molecule has 0 aliphatic carbocycles. The second-order valence-electron chi connectivity index (χ2n) is 3.37. The van der Waals surface area contributed by atoms with E-state index >= 15 is 0 Å². The predicted molar refractivity (Wildman–Crippen MR) is 57.0 cm³/mol. The van der Waals surface area contributed by atoms with Crippen LogP contribution >= 0.6 is 0 Å². The third-order valence-electron chi connectivity index (χ3n) is 2.32. The highest BCUT2D eigenvalue weighted by molar-refractivity contribution is 7.86. The first-order chi connectivity index (χ1) is 7.00. The first kappa shape index (κ1) is 10.1. The fraction of sp³-hybridized carbons (Fsp3) is 0.0909. The second kappa shape index (κ2) is 3.31. The van der Waals surface area contributed by atoms with E-state index in [1.807, 2.05) is 0 Å². The van der Waals surface area contributed by atoms with Crippen LogP contribution in [-0.4, -0.2) is 8.42 Å². The largest absolute Gasteiger partial charge is 0.332 e. The Kier molecular flexibility index (Phi) is 2.23. The molecule has 2 aromatic carbocycles. The van der Waals surface area contributed by atoms with E-state index in [4.69, 9.17) is 0 Å². The number of hydrogen-bond donors (Lipinski definition) is 0. The molecule has 2 rings (SSSR count). The molecular formula is C11H9FO2S. The molecule has 0 saturated carbocycles. The summed E-state index contributed by atoms with van der Waals surface area (Å²) >= 11 is 0. The summed E-state index contributed by atoms with van der Waals surface area (Å²) in [6, 6.07) is 10.2. The highest BCUT2D eigenvalue weighted by atomic mass is 32.3. The van der Waals surface area contributed by atoms with Crippen LogP contribution in [0.4, 0.5) is 3.89 Å². The molecule has 0 heterocycles. The smallest absolute Gasteiger partial charge is 0.189 e. The van der Waals surface area contributed by atoms with Gasteiger partial charge in [-0.1, -0.05) is 36.4 Å². The lowest BCUT2D eigenvalue weighted by molar-refractivity contribution is 0.552. The van der Waals surface area contributed by atoms with E-state index in [-0.39, 0.29) is 4.90 Å². The predicted octanol–water partition coefficient (Wildman–Crippen LogP) is 2.81. The Morgan fingerprint density at radius 3 is 2.40 bits per heavy atom. The van der Waals surface area contributed by atoms with Crippen LogP contribution in [0, 0.1) is 6.92 Å². The third-order valence-corrected chi connectivity index (χ3v) is 3.35. The monoisotopic (exact) mass is 224 g/mol. The van der Waals surface area contributed by atoms with Crippen molar-refractivity contribution >= 4 is 21.0 Å². The first-order valence-electron chi connectivity index (χ1n) is 4.43. The van der Waals surface area contributed by atoms with Gasteiger partial charge in [0.2, 0.25) is 0 Å². The zero-order valence-electron chi connectivity index (χ0n) is 8.07. The summed E-state index contributed by atoms with van der Waals surface area (Å²) in [5.41, 5.74) is 0.427. The Labute approximate surface area is 87.6 Å². The van der Waals surface area contributed by atoms with Crippen LogP contribution in [0.2, 0.25) is 0 Å². The molecule has 0 aliphatic heterocycles. The lowest BCUT2D eigenvalue weighted by Gasteiger charge is -2.05. The maximum atomic E-state index is 13.1. The van der Waals surface area contributed by atoms with Crippen molar-refractivity contribution in [1.82, 2.24) is 0 Å². The minimum Gasteiger partial charge on any atom is -0.189 e. The van der Waals surface area contributed by atoms with Crippen LogP contribution in [0.3, 0.4) is 0 Å². The molecule has 15 heavy (non-hydrogen) atoms. The van der Waals surface area contributed by atoms with Crippen molar-refractivity contribution < 1.29 is 12.3 Å². The average molecular weight is 224 g/mol. The number of hydrogen-bond acceptors (Lipinski definition) is 2. The van der Waals surface area contributed by atoms with Gasteiger partial charge in [0.05, 0.1) is 0 Å². The second-order valence-corrected chi connectivity index (χ2v) is 4.65. The molecule has 0 bridgehead atoms. The third kappa shape index (κ3) is 1.72. The molecule has 0 spiro atoms. The van der Waals surface area contributed by atoms with Crippen LogP contribution in [0.5, 0.6) is 0 Å². The Bertz CT molecular complexity index is 618. The molecule has 0 unspecified atom stereocenters. The number of fused-ring (bicyclic) bond motifs is 1. The fourth-order valence-electron chi connectivity index (χ4n) is 1.68. The lowest BCUT2D eigenvalue weighted by atomic mass is 10.1. The average Bonchev–Trinajstić information content (AvgIpc) is 2.15. The fourth-order valence-corrected chi connectivity index (χ4v) is 2.58. The van der Waals surface area contributed by atoms with E-state index < -0.39 is 10.2 Å². The van der Waals surface area contributed by atoms with Crippen LogP contribution in [0.15, 0.2) is 41.3 Å². The summed E-state index contributed by atoms with van der Waals surface area (Å²) < 4.78 is 35.1. The zero-order valence-corrected chi connectivity index (χ0v) is 8.88. The van der Waals surface area contributed by atoms with Gasteiger partial charge in [0, 0.05) is 5.39 Å². The first-order valence-corrected chi connectivity index (χ1v) is 5.81. The van der Waals surface area contributed by atoms with E-state index in [9.17, 15) is 12.3 Å². The van der Waals surface area contributed by atoms with E-state index in [0.717, 1.165) is 5.39 Å². The van der Waals surface area contributed by atoms with E-state index in [1.54, 1.807) is 43.3 Å². The van der Waals surface area contributed by atoms with Crippen molar-refractivity contribution in [3.63, 3.8) is 0 Å². The molecule has 0 amide bonds. The van der Waals surface area contributed by atoms with Crippen molar-refractivity contribution in [3.05, 3.63) is 42.0 Å². The van der Waals surface area contributed by atoms with Gasteiger partial charge in [-0.15, -0.1) is 3.89 Å². The summed E-state index contributed by atoms with van der Waals surface area (Å²) in [5, 5.41) is 1.15. The Morgan fingerprint density at radius 2 is 1.73 bits per heavy atom. The normalized spacial score (nSPS) is 11.9. The zero-order chi connectivity index (χ0) is 11.1. The molecule has 0 fully saturated rings. The topological polar surface area (TPSA) is 34.1 Å². The van der Waals surface area contributed by atoms with Gasteiger partial charge in [-0.25, -0.2) is 0 Å². The molecule has 2 nitrogen and oxygen atoms in total. The van der Waals surface area contributed by atoms with Crippen LogP contribution < -0.4 is 0 Å². The molecule has 0 aromatic heterocycles. The van der Waals surface area contributed by atoms with Gasteiger partial charge in [-0.05, 0) is 17.9 Å². The number of benzene rings is 2. The van der Waals surface area contributed by atoms with Gasteiger partial charge >= 0.3 is 10.2 Å². The lowest BCUT2D eigenvalue weighted by Crippen LogP contribution is -1.96. The quantitative estimate of drug-likeness (QED) is 0.698. The van der Waals surface area contributed by atoms with E-state index in [1.165, 1.54) is 0 Å². The standard InChI is InChI=1S/C11H9FO2S/c1-8-6-7-9-4-2-3-5-10(9)11(8)15(12,13)14/h2-7H,1H3. The van der Waals surface area contributed by atoms with Gasteiger partial charge in [-0.3, -0.25) is 0 Å². The number of rotatable bonds is 1. The molecular weight excluding hydrogens is 215 g/mol. The summed E-state index contributed by atoms with van der Waals surface area (Å²) in [6.07, 6.45) is 0. The summed E-state index contributed by atoms with van der Waals surface area (Å²) in [7, 11) is -4.66. The van der Waals surface area contributed by atoms with Crippen molar-refractivity contribution in [1.29, 1.82) is 0 Å². The van der Waals surface area contributed by atoms with Gasteiger partial charge < -0.3 is 0 Å². The Morgan fingerprint density at radius 1 is 1.07 bits per heavy atom. The van der Waals surface area contributed by atoms with Gasteiger partial charge in [0.1, 0.15) is 4.90 Å². The Hall–Kier alpha value is -1.42. The maximum absolute atomic E-state index is 13.1. The van der Waals surface area contributed by atoms with E-state index in [2.05, 4.69) is 0 Å². The molecule has 0 radical (unpaired) electrons. The molecule has 0 aliphatic rings. The van der Waals surface area contributed by atoms with Crippen molar-refractivity contribution in [2.45, 2.75) is 11.8 Å². The minimum atomic E-state index is -4.66. The number of aryl methyl sites for hydroxylation is 1. The number of halogens is 1. The molecule has 0 N–H and O–H groups in total.